The molecule has 0 atom stereocenters. The van der Waals surface area contributed by atoms with Crippen molar-refractivity contribution in [2.75, 3.05) is 24.8 Å². The third kappa shape index (κ3) is 7.25. The van der Waals surface area contributed by atoms with Gasteiger partial charge in [-0.25, -0.2) is 8.42 Å². The molecule has 0 unspecified atom stereocenters. The van der Waals surface area contributed by atoms with Gasteiger partial charge in [0.2, 0.25) is 10.0 Å². The number of nitrogens with one attached hydrogen (secondary N) is 1. The minimum atomic E-state index is -3.73. The highest BCUT2D eigenvalue weighted by Gasteiger charge is 2.23. The number of anilines is 1. The Kier molecular flexibility index (Phi) is 9.19. The summed E-state index contributed by atoms with van der Waals surface area (Å²) < 4.78 is 43.5. The molecule has 1 N–H and O–H groups in total. The third-order valence-electron chi connectivity index (χ3n) is 6.00. The zero-order valence-corrected chi connectivity index (χ0v) is 23.8. The second-order valence-corrected chi connectivity index (χ2v) is 11.2. The highest BCUT2D eigenvalue weighted by Crippen LogP contribution is 2.37. The van der Waals surface area contributed by atoms with Crippen LogP contribution in [-0.2, 0) is 23.1 Å². The van der Waals surface area contributed by atoms with Crippen LogP contribution in [0.1, 0.15) is 21.5 Å². The van der Waals surface area contributed by atoms with Gasteiger partial charge >= 0.3 is 0 Å². The van der Waals surface area contributed by atoms with E-state index in [2.05, 4.69) is 5.32 Å². The fourth-order valence-electron chi connectivity index (χ4n) is 3.97. The lowest BCUT2D eigenvalue weighted by Crippen LogP contribution is -2.29. The molecule has 4 aromatic carbocycles. The first-order valence-electron chi connectivity index (χ1n) is 12.3. The van der Waals surface area contributed by atoms with Gasteiger partial charge < -0.3 is 19.5 Å². The van der Waals surface area contributed by atoms with Gasteiger partial charge in [-0.3, -0.25) is 9.10 Å². The molecule has 1 amide bonds. The molecule has 0 spiro atoms. The van der Waals surface area contributed by atoms with Crippen LogP contribution in [0.5, 0.6) is 23.0 Å². The zero-order chi connectivity index (χ0) is 28.7. The lowest BCUT2D eigenvalue weighted by atomic mass is 10.1. The van der Waals surface area contributed by atoms with Crippen LogP contribution in [0.25, 0.3) is 0 Å². The van der Waals surface area contributed by atoms with Gasteiger partial charge in [-0.05, 0) is 65.7 Å². The van der Waals surface area contributed by atoms with Gasteiger partial charge in [0.25, 0.3) is 5.91 Å². The number of nitrogens with zero attached hydrogens (tertiary/aromatic N) is 1. The first kappa shape index (κ1) is 28.8. The van der Waals surface area contributed by atoms with Crippen molar-refractivity contribution in [1.82, 2.24) is 5.32 Å². The molecule has 0 radical (unpaired) electrons. The number of carbonyl (C=O) groups is 1. The SMILES string of the molecule is COc1ccc(CNC(=O)c2ccc(CN(c3cc(Cl)ccc3Oc3ccccc3)S(C)(=O)=O)cc2)cc1OC. The molecule has 0 saturated heterocycles. The molecule has 0 aliphatic rings. The Labute approximate surface area is 239 Å². The highest BCUT2D eigenvalue weighted by molar-refractivity contribution is 7.92. The van der Waals surface area contributed by atoms with E-state index in [0.29, 0.717) is 51.4 Å². The summed E-state index contributed by atoms with van der Waals surface area (Å²) in [5.41, 5.74) is 2.26. The molecule has 8 nitrogen and oxygen atoms in total. The van der Waals surface area contributed by atoms with Gasteiger partial charge in [0, 0.05) is 17.1 Å². The number of carbonyl (C=O) groups excluding carboxylic acids is 1. The maximum atomic E-state index is 12.9. The minimum absolute atomic E-state index is 0.0118. The molecule has 0 bridgehead atoms. The monoisotopic (exact) mass is 580 g/mol. The molecule has 4 aromatic rings. The van der Waals surface area contributed by atoms with Crippen molar-refractivity contribution in [2.45, 2.75) is 13.1 Å². The molecule has 40 heavy (non-hydrogen) atoms. The van der Waals surface area contributed by atoms with E-state index in [9.17, 15) is 13.2 Å². The number of para-hydroxylation sites is 1. The van der Waals surface area contributed by atoms with Crippen LogP contribution in [0.15, 0.2) is 91.0 Å². The second-order valence-electron chi connectivity index (χ2n) is 8.87. The quantitative estimate of drug-likeness (QED) is 0.232. The number of methoxy groups -OCH3 is 2. The smallest absolute Gasteiger partial charge is 0.251 e. The van der Waals surface area contributed by atoms with Crippen LogP contribution in [0, 0.1) is 0 Å². The van der Waals surface area contributed by atoms with E-state index in [1.807, 2.05) is 24.3 Å². The average molecular weight is 581 g/mol. The summed E-state index contributed by atoms with van der Waals surface area (Å²) in [5.74, 6) is 1.81. The first-order chi connectivity index (χ1) is 19.2. The summed E-state index contributed by atoms with van der Waals surface area (Å²) in [6.07, 6.45) is 1.12. The summed E-state index contributed by atoms with van der Waals surface area (Å²) >= 11 is 6.24. The molecule has 0 heterocycles. The molecule has 0 fully saturated rings. The van der Waals surface area contributed by atoms with E-state index in [-0.39, 0.29) is 12.5 Å². The molecule has 0 aliphatic carbocycles. The molecule has 0 saturated carbocycles. The summed E-state index contributed by atoms with van der Waals surface area (Å²) in [7, 11) is -0.616. The number of hydrogen-bond acceptors (Lipinski definition) is 6. The maximum Gasteiger partial charge on any atom is 0.251 e. The van der Waals surface area contributed by atoms with Crippen molar-refractivity contribution < 1.29 is 27.4 Å². The van der Waals surface area contributed by atoms with Crippen molar-refractivity contribution in [3.8, 4) is 23.0 Å². The Morgan fingerprint density at radius 1 is 0.825 bits per heavy atom. The van der Waals surface area contributed by atoms with Gasteiger partial charge in [0.15, 0.2) is 17.2 Å². The summed E-state index contributed by atoms with van der Waals surface area (Å²) in [4.78, 5) is 12.8. The maximum absolute atomic E-state index is 12.9. The van der Waals surface area contributed by atoms with Crippen LogP contribution in [0.4, 0.5) is 5.69 Å². The molecule has 208 valence electrons. The first-order valence-corrected chi connectivity index (χ1v) is 14.5. The number of amides is 1. The fourth-order valence-corrected chi connectivity index (χ4v) is 5.02. The molecular weight excluding hydrogens is 552 g/mol. The lowest BCUT2D eigenvalue weighted by Gasteiger charge is -2.25. The van der Waals surface area contributed by atoms with E-state index < -0.39 is 10.0 Å². The van der Waals surface area contributed by atoms with Gasteiger partial charge in [0.05, 0.1) is 32.7 Å². The summed E-state index contributed by atoms with van der Waals surface area (Å²) in [6.45, 7) is 0.305. The van der Waals surface area contributed by atoms with E-state index >= 15 is 0 Å². The predicted molar refractivity (Wildman–Crippen MR) is 156 cm³/mol. The van der Waals surface area contributed by atoms with Gasteiger partial charge in [-0.15, -0.1) is 0 Å². The Hall–Kier alpha value is -4.21. The van der Waals surface area contributed by atoms with Crippen LogP contribution in [0.3, 0.4) is 0 Å². The molecule has 4 rings (SSSR count). The van der Waals surface area contributed by atoms with Crippen molar-refractivity contribution in [3.63, 3.8) is 0 Å². The molecule has 0 aliphatic heterocycles. The van der Waals surface area contributed by atoms with Crippen LogP contribution >= 0.6 is 11.6 Å². The molecule has 10 heteroatoms. The Balaban J connectivity index is 1.50. The number of ether oxygens (including phenoxy) is 3. The second kappa shape index (κ2) is 12.8. The van der Waals surface area contributed by atoms with E-state index in [1.165, 1.54) is 4.31 Å². The standard InChI is InChI=1S/C30H29ClN2O6S/c1-37-28-15-11-22(17-29(28)38-2)19-32-30(34)23-12-9-21(10-13-23)20-33(40(3,35)36)26-18-24(31)14-16-27(26)39-25-7-5-4-6-8-25/h4-18H,19-20H2,1-3H3,(H,32,34). The van der Waals surface area contributed by atoms with Crippen LogP contribution < -0.4 is 23.8 Å². The largest absolute Gasteiger partial charge is 0.493 e. The van der Waals surface area contributed by atoms with Crippen molar-refractivity contribution in [1.29, 1.82) is 0 Å². The van der Waals surface area contributed by atoms with E-state index in [1.54, 1.807) is 80.9 Å². The Bertz CT molecular complexity index is 1580. The van der Waals surface area contributed by atoms with Crippen LogP contribution in [0.2, 0.25) is 5.02 Å². The van der Waals surface area contributed by atoms with Crippen LogP contribution in [-0.4, -0.2) is 34.8 Å². The highest BCUT2D eigenvalue weighted by atomic mass is 35.5. The zero-order valence-electron chi connectivity index (χ0n) is 22.3. The average Bonchev–Trinajstić information content (AvgIpc) is 2.95. The number of benzene rings is 4. The van der Waals surface area contributed by atoms with Gasteiger partial charge in [-0.1, -0.05) is 48.0 Å². The normalized spacial score (nSPS) is 11.0. The number of sulfonamides is 1. The minimum Gasteiger partial charge on any atom is -0.493 e. The number of halogens is 1. The molecule has 0 aromatic heterocycles. The summed E-state index contributed by atoms with van der Waals surface area (Å²) in [6, 6.07) is 26.0. The fraction of sp³-hybridized carbons (Fsp3) is 0.167. The van der Waals surface area contributed by atoms with E-state index in [0.717, 1.165) is 11.8 Å². The van der Waals surface area contributed by atoms with E-state index in [4.69, 9.17) is 25.8 Å². The lowest BCUT2D eigenvalue weighted by molar-refractivity contribution is 0.0951. The Morgan fingerprint density at radius 3 is 2.12 bits per heavy atom. The van der Waals surface area contributed by atoms with Crippen molar-refractivity contribution >= 4 is 33.2 Å². The summed E-state index contributed by atoms with van der Waals surface area (Å²) in [5, 5.41) is 3.24. The van der Waals surface area contributed by atoms with Crippen molar-refractivity contribution in [3.05, 3.63) is 113 Å². The third-order valence-corrected chi connectivity index (χ3v) is 7.37. The Morgan fingerprint density at radius 2 is 1.48 bits per heavy atom. The van der Waals surface area contributed by atoms with Gasteiger partial charge in [0.1, 0.15) is 5.75 Å². The predicted octanol–water partition coefficient (Wildman–Crippen LogP) is 6.05. The van der Waals surface area contributed by atoms with Crippen molar-refractivity contribution in [2.24, 2.45) is 0 Å². The number of hydrogen-bond donors (Lipinski definition) is 1. The topological polar surface area (TPSA) is 94.2 Å². The molecular formula is C30H29ClN2O6S. The number of rotatable bonds is 11. The van der Waals surface area contributed by atoms with Gasteiger partial charge in [-0.2, -0.15) is 0 Å².